The molecular weight excluding hydrogens is 202 g/mol. The van der Waals surface area contributed by atoms with Gasteiger partial charge in [-0.05, 0) is 32.2 Å². The monoisotopic (exact) mass is 223 g/mol. The molecule has 1 aromatic heterocycles. The third-order valence-corrected chi connectivity index (χ3v) is 3.22. The molecule has 1 aromatic rings. The smallest absolute Gasteiger partial charge is 0.228 e. The van der Waals surface area contributed by atoms with Gasteiger partial charge < -0.3 is 9.84 Å². The van der Waals surface area contributed by atoms with Crippen LogP contribution in [-0.4, -0.2) is 23.2 Å². The zero-order chi connectivity index (χ0) is 11.4. The van der Waals surface area contributed by atoms with Crippen LogP contribution in [0.25, 0.3) is 0 Å². The van der Waals surface area contributed by atoms with E-state index in [1.807, 2.05) is 7.05 Å². The van der Waals surface area contributed by atoms with E-state index in [-0.39, 0.29) is 0 Å². The Morgan fingerprint density at radius 2 is 2.31 bits per heavy atom. The molecule has 1 fully saturated rings. The number of rotatable bonds is 7. The van der Waals surface area contributed by atoms with Gasteiger partial charge in [-0.2, -0.15) is 4.98 Å². The largest absolute Gasteiger partial charge is 0.339 e. The van der Waals surface area contributed by atoms with Crippen LogP contribution in [0, 0.1) is 5.92 Å². The third-order valence-electron chi connectivity index (χ3n) is 3.22. The van der Waals surface area contributed by atoms with Crippen molar-refractivity contribution in [2.45, 2.75) is 51.5 Å². The summed E-state index contributed by atoms with van der Waals surface area (Å²) >= 11 is 0. The van der Waals surface area contributed by atoms with Crippen molar-refractivity contribution in [2.75, 3.05) is 7.05 Å². The second-order valence-corrected chi connectivity index (χ2v) is 4.64. The maximum Gasteiger partial charge on any atom is 0.228 e. The minimum Gasteiger partial charge on any atom is -0.339 e. The highest BCUT2D eigenvalue weighted by atomic mass is 16.5. The van der Waals surface area contributed by atoms with E-state index >= 15 is 0 Å². The summed E-state index contributed by atoms with van der Waals surface area (Å²) in [5.74, 6) is 2.47. The lowest BCUT2D eigenvalue weighted by molar-refractivity contribution is 0.348. The molecule has 0 aromatic carbocycles. The molecular formula is C12H21N3O. The number of nitrogens with one attached hydrogen (secondary N) is 1. The van der Waals surface area contributed by atoms with Gasteiger partial charge in [0, 0.05) is 18.9 Å². The van der Waals surface area contributed by atoms with Crippen molar-refractivity contribution < 1.29 is 4.52 Å². The van der Waals surface area contributed by atoms with Gasteiger partial charge in [-0.25, -0.2) is 0 Å². The van der Waals surface area contributed by atoms with Gasteiger partial charge in [0.1, 0.15) is 0 Å². The molecule has 0 aliphatic heterocycles. The predicted octanol–water partition coefficient (Wildman–Crippen LogP) is 1.95. The van der Waals surface area contributed by atoms with Gasteiger partial charge in [0.25, 0.3) is 0 Å². The third kappa shape index (κ3) is 3.04. The van der Waals surface area contributed by atoms with E-state index in [2.05, 4.69) is 22.4 Å². The van der Waals surface area contributed by atoms with E-state index in [4.69, 9.17) is 4.52 Å². The molecule has 4 heteroatoms. The van der Waals surface area contributed by atoms with Crippen LogP contribution in [0.1, 0.15) is 44.3 Å². The molecule has 0 spiro atoms. The molecule has 0 radical (unpaired) electrons. The van der Waals surface area contributed by atoms with Crippen molar-refractivity contribution in [3.05, 3.63) is 11.7 Å². The van der Waals surface area contributed by atoms with Gasteiger partial charge >= 0.3 is 0 Å². The first kappa shape index (κ1) is 11.6. The van der Waals surface area contributed by atoms with Gasteiger partial charge in [0.2, 0.25) is 5.89 Å². The lowest BCUT2D eigenvalue weighted by Gasteiger charge is -2.11. The first-order chi connectivity index (χ1) is 7.83. The van der Waals surface area contributed by atoms with Crippen molar-refractivity contribution in [1.82, 2.24) is 15.5 Å². The second kappa shape index (κ2) is 5.43. The lowest BCUT2D eigenvalue weighted by atomic mass is 10.1. The number of likely N-dealkylation sites (N-methyl/N-ethyl adjacent to an activating group) is 1. The number of unbranched alkanes of at least 4 members (excludes halogenated alkanes) is 1. The van der Waals surface area contributed by atoms with Crippen LogP contribution in [0.4, 0.5) is 0 Å². The molecule has 16 heavy (non-hydrogen) atoms. The molecule has 1 aliphatic rings. The molecule has 1 saturated carbocycles. The lowest BCUT2D eigenvalue weighted by Crippen LogP contribution is -2.29. The Hall–Kier alpha value is -0.900. The van der Waals surface area contributed by atoms with Crippen LogP contribution >= 0.6 is 0 Å². The number of hydrogen-bond acceptors (Lipinski definition) is 4. The summed E-state index contributed by atoms with van der Waals surface area (Å²) in [6, 6.07) is 0.513. The predicted molar refractivity (Wildman–Crippen MR) is 62.2 cm³/mol. The average Bonchev–Trinajstić information content (AvgIpc) is 3.04. The Kier molecular flexibility index (Phi) is 3.93. The summed E-state index contributed by atoms with van der Waals surface area (Å²) in [7, 11) is 2.01. The molecule has 1 atom stereocenters. The molecule has 0 bridgehead atoms. The van der Waals surface area contributed by atoms with Gasteiger partial charge in [-0.3, -0.25) is 0 Å². The van der Waals surface area contributed by atoms with Crippen LogP contribution in [0.15, 0.2) is 4.52 Å². The molecule has 4 nitrogen and oxygen atoms in total. The zero-order valence-electron chi connectivity index (χ0n) is 10.2. The molecule has 0 amide bonds. The van der Waals surface area contributed by atoms with Crippen molar-refractivity contribution >= 4 is 0 Å². The number of hydrogen-bond donors (Lipinski definition) is 1. The first-order valence-electron chi connectivity index (χ1n) is 6.32. The second-order valence-electron chi connectivity index (χ2n) is 4.64. The van der Waals surface area contributed by atoms with Gasteiger partial charge in [-0.1, -0.05) is 18.5 Å². The summed E-state index contributed by atoms with van der Waals surface area (Å²) in [6.07, 6.45) is 6.79. The maximum atomic E-state index is 5.27. The van der Waals surface area contributed by atoms with Crippen LogP contribution in [-0.2, 0) is 12.8 Å². The van der Waals surface area contributed by atoms with Crippen LogP contribution in [0.2, 0.25) is 0 Å². The topological polar surface area (TPSA) is 51.0 Å². The van der Waals surface area contributed by atoms with Crippen LogP contribution in [0.5, 0.6) is 0 Å². The fraction of sp³-hybridized carbons (Fsp3) is 0.833. The molecule has 1 aliphatic carbocycles. The molecule has 1 unspecified atom stereocenters. The minimum absolute atomic E-state index is 0.513. The SMILES string of the molecule is CCCCc1noc(CC(NC)C2CC2)n1. The summed E-state index contributed by atoms with van der Waals surface area (Å²) < 4.78 is 5.27. The highest BCUT2D eigenvalue weighted by Crippen LogP contribution is 2.33. The summed E-state index contributed by atoms with van der Waals surface area (Å²) in [5, 5.41) is 7.34. The fourth-order valence-electron chi connectivity index (χ4n) is 2.00. The molecule has 2 rings (SSSR count). The van der Waals surface area contributed by atoms with Crippen molar-refractivity contribution in [2.24, 2.45) is 5.92 Å². The number of nitrogens with zero attached hydrogens (tertiary/aromatic N) is 2. The van der Waals surface area contributed by atoms with Crippen LogP contribution < -0.4 is 5.32 Å². The van der Waals surface area contributed by atoms with Crippen molar-refractivity contribution in [1.29, 1.82) is 0 Å². The quantitative estimate of drug-likeness (QED) is 0.767. The van der Waals surface area contributed by atoms with Crippen molar-refractivity contribution in [3.8, 4) is 0 Å². The molecule has 90 valence electrons. The summed E-state index contributed by atoms with van der Waals surface area (Å²) in [5.41, 5.74) is 0. The van der Waals surface area contributed by atoms with Gasteiger partial charge in [0.15, 0.2) is 5.82 Å². The van der Waals surface area contributed by atoms with E-state index in [0.717, 1.165) is 36.9 Å². The Bertz CT molecular complexity index is 320. The average molecular weight is 223 g/mol. The highest BCUT2D eigenvalue weighted by Gasteiger charge is 2.31. The van der Waals surface area contributed by atoms with Gasteiger partial charge in [-0.15, -0.1) is 0 Å². The van der Waals surface area contributed by atoms with E-state index in [1.54, 1.807) is 0 Å². The summed E-state index contributed by atoms with van der Waals surface area (Å²) in [6.45, 7) is 2.17. The van der Waals surface area contributed by atoms with E-state index < -0.39 is 0 Å². The Labute approximate surface area is 96.8 Å². The Morgan fingerprint density at radius 1 is 1.50 bits per heavy atom. The Morgan fingerprint density at radius 3 is 2.94 bits per heavy atom. The van der Waals surface area contributed by atoms with Crippen LogP contribution in [0.3, 0.4) is 0 Å². The zero-order valence-corrected chi connectivity index (χ0v) is 10.2. The fourth-order valence-corrected chi connectivity index (χ4v) is 2.00. The summed E-state index contributed by atoms with van der Waals surface area (Å²) in [4.78, 5) is 4.43. The molecule has 0 saturated heterocycles. The Balaban J connectivity index is 1.85. The maximum absolute atomic E-state index is 5.27. The van der Waals surface area contributed by atoms with E-state index in [0.29, 0.717) is 6.04 Å². The van der Waals surface area contributed by atoms with Gasteiger partial charge in [0.05, 0.1) is 0 Å². The standard InChI is InChI=1S/C12H21N3O/c1-3-4-5-11-14-12(16-15-11)8-10(13-2)9-6-7-9/h9-10,13H,3-8H2,1-2H3. The normalized spacial score (nSPS) is 17.6. The minimum atomic E-state index is 0.513. The highest BCUT2D eigenvalue weighted by molar-refractivity contribution is 4.94. The molecule has 1 heterocycles. The van der Waals surface area contributed by atoms with E-state index in [1.165, 1.54) is 19.3 Å². The number of aromatic nitrogens is 2. The molecule has 1 N–H and O–H groups in total. The van der Waals surface area contributed by atoms with Crippen molar-refractivity contribution in [3.63, 3.8) is 0 Å². The first-order valence-corrected chi connectivity index (χ1v) is 6.32. The number of aryl methyl sites for hydroxylation is 1. The van der Waals surface area contributed by atoms with E-state index in [9.17, 15) is 0 Å².